The standard InChI is InChI=1S/C13H20N2/c1-13(7-8-13)15-9-3-5-11-4-2-6-12(14)10-11/h2,4,6,10,15H,3,5,7-9,14H2,1H3. The van der Waals surface area contributed by atoms with Crippen molar-refractivity contribution in [2.75, 3.05) is 12.3 Å². The molecule has 0 atom stereocenters. The van der Waals surface area contributed by atoms with Crippen molar-refractivity contribution >= 4 is 5.69 Å². The lowest BCUT2D eigenvalue weighted by Gasteiger charge is -2.10. The summed E-state index contributed by atoms with van der Waals surface area (Å²) in [5.74, 6) is 0. The minimum Gasteiger partial charge on any atom is -0.399 e. The molecule has 0 aromatic heterocycles. The van der Waals surface area contributed by atoms with Crippen LogP contribution in [0, 0.1) is 0 Å². The maximum atomic E-state index is 5.73. The van der Waals surface area contributed by atoms with Crippen LogP contribution in [0.15, 0.2) is 24.3 Å². The number of nitrogens with one attached hydrogen (secondary N) is 1. The van der Waals surface area contributed by atoms with Crippen LogP contribution in [-0.2, 0) is 6.42 Å². The van der Waals surface area contributed by atoms with Crippen molar-refractivity contribution in [3.8, 4) is 0 Å². The first-order chi connectivity index (χ1) is 7.18. The Kier molecular flexibility index (Phi) is 2.96. The third kappa shape index (κ3) is 3.24. The maximum absolute atomic E-state index is 5.73. The third-order valence-electron chi connectivity index (χ3n) is 3.15. The van der Waals surface area contributed by atoms with E-state index in [0.29, 0.717) is 5.54 Å². The SMILES string of the molecule is CC1(NCCCc2cccc(N)c2)CC1. The number of nitrogens with two attached hydrogens (primary N) is 1. The molecule has 1 aromatic carbocycles. The van der Waals surface area contributed by atoms with Gasteiger partial charge in [0, 0.05) is 11.2 Å². The Morgan fingerprint density at radius 2 is 2.20 bits per heavy atom. The van der Waals surface area contributed by atoms with Crippen molar-refractivity contribution < 1.29 is 0 Å². The molecular formula is C13H20N2. The molecular weight excluding hydrogens is 184 g/mol. The summed E-state index contributed by atoms with van der Waals surface area (Å²) in [6.45, 7) is 3.42. The third-order valence-corrected chi connectivity index (χ3v) is 3.15. The fraction of sp³-hybridized carbons (Fsp3) is 0.538. The molecule has 0 bridgehead atoms. The Morgan fingerprint density at radius 1 is 1.40 bits per heavy atom. The quantitative estimate of drug-likeness (QED) is 0.570. The van der Waals surface area contributed by atoms with E-state index < -0.39 is 0 Å². The molecule has 2 rings (SSSR count). The van der Waals surface area contributed by atoms with Gasteiger partial charge in [-0.25, -0.2) is 0 Å². The van der Waals surface area contributed by atoms with Crippen LogP contribution in [0.1, 0.15) is 31.7 Å². The van der Waals surface area contributed by atoms with Gasteiger partial charge < -0.3 is 11.1 Å². The molecule has 82 valence electrons. The second-order valence-electron chi connectivity index (χ2n) is 4.84. The molecule has 0 spiro atoms. The van der Waals surface area contributed by atoms with Crippen LogP contribution in [0.2, 0.25) is 0 Å². The zero-order valence-corrected chi connectivity index (χ0v) is 9.42. The molecule has 0 amide bonds. The molecule has 2 nitrogen and oxygen atoms in total. The van der Waals surface area contributed by atoms with Gasteiger partial charge in [-0.05, 0) is 56.8 Å². The Labute approximate surface area is 91.9 Å². The number of rotatable bonds is 5. The summed E-state index contributed by atoms with van der Waals surface area (Å²) < 4.78 is 0. The fourth-order valence-corrected chi connectivity index (χ4v) is 1.80. The van der Waals surface area contributed by atoms with Gasteiger partial charge in [-0.2, -0.15) is 0 Å². The van der Waals surface area contributed by atoms with Gasteiger partial charge in [0.1, 0.15) is 0 Å². The van der Waals surface area contributed by atoms with Crippen molar-refractivity contribution in [2.24, 2.45) is 0 Å². The molecule has 2 heteroatoms. The lowest BCUT2D eigenvalue weighted by atomic mass is 10.1. The van der Waals surface area contributed by atoms with Crippen LogP contribution in [0.5, 0.6) is 0 Å². The van der Waals surface area contributed by atoms with Gasteiger partial charge in [0.25, 0.3) is 0 Å². The lowest BCUT2D eigenvalue weighted by molar-refractivity contribution is 0.526. The number of hydrogen-bond donors (Lipinski definition) is 2. The normalized spacial score (nSPS) is 17.7. The van der Waals surface area contributed by atoms with Gasteiger partial charge in [-0.3, -0.25) is 0 Å². The highest BCUT2D eigenvalue weighted by Gasteiger charge is 2.35. The Morgan fingerprint density at radius 3 is 2.87 bits per heavy atom. The summed E-state index contributed by atoms with van der Waals surface area (Å²) in [6.07, 6.45) is 4.99. The number of benzene rings is 1. The molecule has 1 saturated carbocycles. The van der Waals surface area contributed by atoms with E-state index in [4.69, 9.17) is 5.73 Å². The van der Waals surface area contributed by atoms with E-state index in [1.54, 1.807) is 0 Å². The van der Waals surface area contributed by atoms with E-state index in [9.17, 15) is 0 Å². The van der Waals surface area contributed by atoms with E-state index in [1.165, 1.54) is 24.8 Å². The average Bonchev–Trinajstić information content (AvgIpc) is 2.92. The first-order valence-corrected chi connectivity index (χ1v) is 5.77. The van der Waals surface area contributed by atoms with E-state index >= 15 is 0 Å². The van der Waals surface area contributed by atoms with Crippen LogP contribution in [-0.4, -0.2) is 12.1 Å². The summed E-state index contributed by atoms with van der Waals surface area (Å²) in [5.41, 5.74) is 8.41. The first kappa shape index (κ1) is 10.5. The van der Waals surface area contributed by atoms with Gasteiger partial charge in [0.05, 0.1) is 0 Å². The summed E-state index contributed by atoms with van der Waals surface area (Å²) in [5, 5.41) is 3.59. The Balaban J connectivity index is 1.69. The number of hydrogen-bond acceptors (Lipinski definition) is 2. The minimum absolute atomic E-state index is 0.468. The van der Waals surface area contributed by atoms with Crippen LogP contribution >= 0.6 is 0 Å². The zero-order chi connectivity index (χ0) is 10.7. The monoisotopic (exact) mass is 204 g/mol. The summed E-state index contributed by atoms with van der Waals surface area (Å²) in [4.78, 5) is 0. The summed E-state index contributed by atoms with van der Waals surface area (Å²) in [7, 11) is 0. The molecule has 1 aromatic rings. The first-order valence-electron chi connectivity index (χ1n) is 5.77. The maximum Gasteiger partial charge on any atom is 0.0316 e. The topological polar surface area (TPSA) is 38.0 Å². The highest BCUT2D eigenvalue weighted by Crippen LogP contribution is 2.34. The number of anilines is 1. The molecule has 0 aliphatic heterocycles. The Hall–Kier alpha value is -1.02. The van der Waals surface area contributed by atoms with Crippen LogP contribution in [0.25, 0.3) is 0 Å². The van der Waals surface area contributed by atoms with E-state index in [2.05, 4.69) is 24.4 Å². The van der Waals surface area contributed by atoms with E-state index in [0.717, 1.165) is 18.7 Å². The van der Waals surface area contributed by atoms with Crippen LogP contribution < -0.4 is 11.1 Å². The highest BCUT2D eigenvalue weighted by atomic mass is 15.0. The van der Waals surface area contributed by atoms with Gasteiger partial charge in [-0.15, -0.1) is 0 Å². The molecule has 1 aliphatic rings. The molecule has 15 heavy (non-hydrogen) atoms. The largest absolute Gasteiger partial charge is 0.399 e. The molecule has 1 fully saturated rings. The predicted molar refractivity (Wildman–Crippen MR) is 64.8 cm³/mol. The lowest BCUT2D eigenvalue weighted by Crippen LogP contribution is -2.28. The van der Waals surface area contributed by atoms with Crippen molar-refractivity contribution in [3.63, 3.8) is 0 Å². The van der Waals surface area contributed by atoms with Crippen molar-refractivity contribution in [3.05, 3.63) is 29.8 Å². The van der Waals surface area contributed by atoms with Crippen molar-refractivity contribution in [2.45, 2.75) is 38.1 Å². The average molecular weight is 204 g/mol. The summed E-state index contributed by atoms with van der Waals surface area (Å²) in [6, 6.07) is 8.18. The highest BCUT2D eigenvalue weighted by molar-refractivity contribution is 5.40. The number of nitrogen functional groups attached to an aromatic ring is 1. The summed E-state index contributed by atoms with van der Waals surface area (Å²) >= 11 is 0. The van der Waals surface area contributed by atoms with Gasteiger partial charge in [-0.1, -0.05) is 12.1 Å². The fourth-order valence-electron chi connectivity index (χ4n) is 1.80. The molecule has 0 radical (unpaired) electrons. The van der Waals surface area contributed by atoms with Crippen LogP contribution in [0.3, 0.4) is 0 Å². The zero-order valence-electron chi connectivity index (χ0n) is 9.42. The molecule has 3 N–H and O–H groups in total. The molecule has 0 unspecified atom stereocenters. The van der Waals surface area contributed by atoms with Gasteiger partial charge in [0.15, 0.2) is 0 Å². The Bertz CT molecular complexity index is 329. The predicted octanol–water partition coefficient (Wildman–Crippen LogP) is 2.34. The molecule has 1 aliphatic carbocycles. The van der Waals surface area contributed by atoms with E-state index in [1.807, 2.05) is 12.1 Å². The molecule has 0 saturated heterocycles. The van der Waals surface area contributed by atoms with Gasteiger partial charge in [0.2, 0.25) is 0 Å². The second-order valence-corrected chi connectivity index (χ2v) is 4.84. The minimum atomic E-state index is 0.468. The van der Waals surface area contributed by atoms with Crippen molar-refractivity contribution in [1.29, 1.82) is 0 Å². The van der Waals surface area contributed by atoms with E-state index in [-0.39, 0.29) is 0 Å². The second kappa shape index (κ2) is 4.23. The molecule has 0 heterocycles. The van der Waals surface area contributed by atoms with Crippen LogP contribution in [0.4, 0.5) is 5.69 Å². The number of aryl methyl sites for hydroxylation is 1. The van der Waals surface area contributed by atoms with Crippen molar-refractivity contribution in [1.82, 2.24) is 5.32 Å². The van der Waals surface area contributed by atoms with Gasteiger partial charge >= 0.3 is 0 Å². The smallest absolute Gasteiger partial charge is 0.0316 e.